The van der Waals surface area contributed by atoms with Crippen molar-refractivity contribution < 1.29 is 14.3 Å². The Kier molecular flexibility index (Phi) is 5.66. The van der Waals surface area contributed by atoms with Crippen LogP contribution < -0.4 is 25.8 Å². The first-order chi connectivity index (χ1) is 15.2. The minimum absolute atomic E-state index is 0.231. The van der Waals surface area contributed by atoms with E-state index in [-0.39, 0.29) is 10.2 Å². The predicted octanol–water partition coefficient (Wildman–Crippen LogP) is 4.91. The third-order valence-electron chi connectivity index (χ3n) is 5.38. The van der Waals surface area contributed by atoms with Crippen LogP contribution in [0.4, 0.5) is 15.6 Å². The van der Waals surface area contributed by atoms with Gasteiger partial charge in [0.25, 0.3) is 0 Å². The molecule has 6 nitrogen and oxygen atoms in total. The minimum atomic E-state index is -2.88. The fourth-order valence-corrected chi connectivity index (χ4v) is 9.39. The number of anilines is 2. The Balaban J connectivity index is 1.97. The molecule has 0 spiro atoms. The number of thiazole rings is 1. The van der Waals surface area contributed by atoms with E-state index in [2.05, 4.69) is 55.3 Å². The summed E-state index contributed by atoms with van der Waals surface area (Å²) in [6.45, 7) is 6.59. The quantitative estimate of drug-likeness (QED) is 0.289. The average Bonchev–Trinajstić information content (AvgIpc) is 3.13. The average molecular weight is 464 g/mol. The van der Waals surface area contributed by atoms with E-state index in [1.165, 1.54) is 11.3 Å². The highest BCUT2D eigenvalue weighted by atomic mass is 32.1. The lowest BCUT2D eigenvalue weighted by molar-refractivity contribution is 0.209. The van der Waals surface area contributed by atoms with Crippen molar-refractivity contribution in [3.8, 4) is 5.75 Å². The zero-order valence-electron chi connectivity index (χ0n) is 18.1. The van der Waals surface area contributed by atoms with Crippen molar-refractivity contribution in [2.24, 2.45) is 0 Å². The lowest BCUT2D eigenvalue weighted by Gasteiger charge is -2.43. The number of nitrogens with zero attached hydrogens (tertiary/aromatic N) is 1. The lowest BCUT2D eigenvalue weighted by Crippen LogP contribution is -2.68. The second-order valence-corrected chi connectivity index (χ2v) is 13.8. The summed E-state index contributed by atoms with van der Waals surface area (Å²) in [5.74, 6) is 0.559. The maximum absolute atomic E-state index is 11.1. The highest BCUT2D eigenvalue weighted by molar-refractivity contribution is 7.22. The number of nitrogen functional groups attached to an aromatic ring is 1. The van der Waals surface area contributed by atoms with Crippen LogP contribution in [0.25, 0.3) is 10.2 Å². The summed E-state index contributed by atoms with van der Waals surface area (Å²) in [7, 11) is -2.88. The van der Waals surface area contributed by atoms with Crippen LogP contribution >= 0.6 is 11.3 Å². The van der Waals surface area contributed by atoms with Gasteiger partial charge >= 0.3 is 14.4 Å². The molecule has 1 heterocycles. The molecule has 0 aliphatic rings. The fourth-order valence-electron chi connectivity index (χ4n) is 4.06. The van der Waals surface area contributed by atoms with E-state index >= 15 is 0 Å². The molecule has 32 heavy (non-hydrogen) atoms. The molecule has 8 heteroatoms. The van der Waals surface area contributed by atoms with Crippen LogP contribution in [0.5, 0.6) is 5.75 Å². The molecule has 1 aromatic heterocycles. The van der Waals surface area contributed by atoms with Crippen molar-refractivity contribution in [2.45, 2.75) is 25.8 Å². The maximum Gasteiger partial charge on any atom is 0.410 e. The Morgan fingerprint density at radius 1 is 1.03 bits per heavy atom. The summed E-state index contributed by atoms with van der Waals surface area (Å²) in [5, 5.41) is 13.8. The topological polar surface area (TPSA) is 97.5 Å². The van der Waals surface area contributed by atoms with E-state index in [0.717, 1.165) is 15.1 Å². The third-order valence-corrected chi connectivity index (χ3v) is 11.2. The van der Waals surface area contributed by atoms with Gasteiger partial charge in [-0.3, -0.25) is 5.32 Å². The van der Waals surface area contributed by atoms with E-state index in [1.807, 2.05) is 36.4 Å². The Morgan fingerprint density at radius 2 is 1.59 bits per heavy atom. The van der Waals surface area contributed by atoms with Gasteiger partial charge in [-0.2, -0.15) is 0 Å². The highest BCUT2D eigenvalue weighted by Crippen LogP contribution is 2.41. The van der Waals surface area contributed by atoms with E-state index < -0.39 is 14.4 Å². The maximum atomic E-state index is 11.1. The number of carboxylic acid groups (broad SMARTS) is 1. The third kappa shape index (κ3) is 3.94. The summed E-state index contributed by atoms with van der Waals surface area (Å²) in [6, 6.07) is 24.2. The molecule has 0 aliphatic heterocycles. The number of aromatic nitrogens is 1. The molecule has 0 aliphatic carbocycles. The van der Waals surface area contributed by atoms with Crippen LogP contribution in [0.1, 0.15) is 20.8 Å². The highest BCUT2D eigenvalue weighted by Gasteiger charge is 2.52. The van der Waals surface area contributed by atoms with Gasteiger partial charge in [-0.15, -0.1) is 0 Å². The molecule has 0 fully saturated rings. The summed E-state index contributed by atoms with van der Waals surface area (Å²) in [5.41, 5.74) is 7.35. The number of hydrogen-bond donors (Lipinski definition) is 3. The fraction of sp³-hybridized carbons (Fsp3) is 0.167. The second kappa shape index (κ2) is 8.29. The predicted molar refractivity (Wildman–Crippen MR) is 134 cm³/mol. The molecule has 4 aromatic rings. The summed E-state index contributed by atoms with van der Waals surface area (Å²) < 4.78 is 7.84. The van der Waals surface area contributed by atoms with Crippen molar-refractivity contribution in [1.82, 2.24) is 4.98 Å². The normalized spacial score (nSPS) is 12.0. The zero-order chi connectivity index (χ0) is 22.9. The number of rotatable bonds is 5. The number of hydrogen-bond acceptors (Lipinski definition) is 5. The van der Waals surface area contributed by atoms with Crippen molar-refractivity contribution in [3.05, 3.63) is 72.8 Å². The van der Waals surface area contributed by atoms with Crippen molar-refractivity contribution in [2.75, 3.05) is 11.1 Å². The molecular formula is C24H25N3O3SSi. The molecule has 4 N–H and O–H groups in total. The van der Waals surface area contributed by atoms with E-state index in [1.54, 1.807) is 12.1 Å². The molecular weight excluding hydrogens is 438 g/mol. The first-order valence-electron chi connectivity index (χ1n) is 10.2. The second-order valence-electron chi connectivity index (χ2n) is 8.58. The Morgan fingerprint density at radius 3 is 2.09 bits per heavy atom. The molecule has 0 saturated heterocycles. The molecule has 0 atom stereocenters. The molecule has 3 aromatic carbocycles. The van der Waals surface area contributed by atoms with Crippen molar-refractivity contribution >= 4 is 57.2 Å². The van der Waals surface area contributed by atoms with E-state index in [4.69, 9.17) is 15.3 Å². The standard InChI is InChI=1S/C24H25N3O3SSi/c1-24(2,3)32(17-10-6-4-7-11-17,18-12-8-5-9-13-18)30-19-14-16(25)15-20-21(19)26-22(31-20)27-23(28)29/h4-15H,25H2,1-3H3,(H,26,27)(H,28,29). The van der Waals surface area contributed by atoms with Crippen LogP contribution in [-0.2, 0) is 0 Å². The van der Waals surface area contributed by atoms with Crippen molar-refractivity contribution in [3.63, 3.8) is 0 Å². The van der Waals surface area contributed by atoms with Crippen LogP contribution in [-0.4, -0.2) is 24.5 Å². The molecule has 0 radical (unpaired) electrons. The monoisotopic (exact) mass is 463 g/mol. The first kappa shape index (κ1) is 21.9. The zero-order valence-corrected chi connectivity index (χ0v) is 19.9. The van der Waals surface area contributed by atoms with Gasteiger partial charge in [-0.05, 0) is 21.5 Å². The number of amides is 1. The summed E-state index contributed by atoms with van der Waals surface area (Å²) in [4.78, 5) is 15.6. The summed E-state index contributed by atoms with van der Waals surface area (Å²) >= 11 is 1.23. The van der Waals surface area contributed by atoms with Crippen LogP contribution in [0.3, 0.4) is 0 Å². The number of benzene rings is 3. The van der Waals surface area contributed by atoms with Gasteiger partial charge in [-0.25, -0.2) is 9.78 Å². The van der Waals surface area contributed by atoms with Gasteiger partial charge in [0.1, 0.15) is 11.3 Å². The number of carbonyl (C=O) groups is 1. The number of nitrogens with two attached hydrogens (primary N) is 1. The van der Waals surface area contributed by atoms with Crippen LogP contribution in [0.2, 0.25) is 5.04 Å². The number of nitrogens with one attached hydrogen (secondary N) is 1. The number of fused-ring (bicyclic) bond motifs is 1. The largest absolute Gasteiger partial charge is 0.532 e. The first-order valence-corrected chi connectivity index (χ1v) is 12.9. The molecule has 4 rings (SSSR count). The lowest BCUT2D eigenvalue weighted by atomic mass is 10.2. The summed E-state index contributed by atoms with van der Waals surface area (Å²) in [6.07, 6.45) is -1.16. The SMILES string of the molecule is CC(C)(C)[Si](Oc1cc(N)cc2sc(NC(=O)O)nc12)(c1ccccc1)c1ccccc1. The van der Waals surface area contributed by atoms with Gasteiger partial charge in [0, 0.05) is 11.8 Å². The van der Waals surface area contributed by atoms with E-state index in [9.17, 15) is 4.79 Å². The van der Waals surface area contributed by atoms with Gasteiger partial charge in [0.05, 0.1) is 4.70 Å². The van der Waals surface area contributed by atoms with Gasteiger partial charge in [0.15, 0.2) is 5.13 Å². The van der Waals surface area contributed by atoms with Gasteiger partial charge in [-0.1, -0.05) is 92.8 Å². The Labute approximate surface area is 191 Å². The Hall–Kier alpha value is -3.36. The molecule has 0 unspecified atom stereocenters. The molecule has 1 amide bonds. The Bertz CT molecular complexity index is 1210. The molecule has 0 bridgehead atoms. The smallest absolute Gasteiger partial charge is 0.410 e. The molecule has 0 saturated carbocycles. The minimum Gasteiger partial charge on any atom is -0.532 e. The van der Waals surface area contributed by atoms with Crippen LogP contribution in [0.15, 0.2) is 72.8 Å². The van der Waals surface area contributed by atoms with Crippen LogP contribution in [0, 0.1) is 0 Å². The van der Waals surface area contributed by atoms with Crippen molar-refractivity contribution in [1.29, 1.82) is 0 Å². The van der Waals surface area contributed by atoms with E-state index in [0.29, 0.717) is 17.0 Å². The van der Waals surface area contributed by atoms with Gasteiger partial charge in [0.2, 0.25) is 0 Å². The molecule has 164 valence electrons. The van der Waals surface area contributed by atoms with Gasteiger partial charge < -0.3 is 15.3 Å².